The summed E-state index contributed by atoms with van der Waals surface area (Å²) in [5.74, 6) is 0. The largest absolute Gasteiger partial charge is 0.281 e. The van der Waals surface area contributed by atoms with Gasteiger partial charge in [0.1, 0.15) is 0 Å². The normalized spacial score (nSPS) is 29.1. The molecule has 0 saturated carbocycles. The summed E-state index contributed by atoms with van der Waals surface area (Å²) in [4.78, 5) is 0. The van der Waals surface area contributed by atoms with Crippen LogP contribution in [0.15, 0.2) is 0 Å². The van der Waals surface area contributed by atoms with Crippen LogP contribution >= 0.6 is 0 Å². The van der Waals surface area contributed by atoms with E-state index in [0.29, 0.717) is 13.1 Å². The maximum Gasteiger partial charge on any atom is 0.281 e. The number of nitrogens with zero attached hydrogens (tertiary/aromatic N) is 2. The average molecular weight is 150 g/mol. The van der Waals surface area contributed by atoms with Gasteiger partial charge in [0.05, 0.1) is 0 Å². The Hall–Kier alpha value is -0.130. The summed E-state index contributed by atoms with van der Waals surface area (Å²) in [7, 11) is 0.127. The summed E-state index contributed by atoms with van der Waals surface area (Å²) in [6.07, 6.45) is 0. The molecule has 1 rings (SSSR count). The molecule has 0 aromatic rings. The van der Waals surface area contributed by atoms with Crippen molar-refractivity contribution in [2.45, 2.75) is 0 Å². The van der Waals surface area contributed by atoms with Crippen molar-refractivity contribution in [2.75, 3.05) is 27.2 Å². The van der Waals surface area contributed by atoms with Crippen molar-refractivity contribution < 1.29 is 8.42 Å². The molecule has 0 atom stereocenters. The minimum absolute atomic E-state index is 0.610. The second kappa shape index (κ2) is 1.93. The van der Waals surface area contributed by atoms with Crippen molar-refractivity contribution >= 4 is 10.2 Å². The summed E-state index contributed by atoms with van der Waals surface area (Å²) in [6.45, 7) is 1.22. The van der Waals surface area contributed by atoms with Crippen LogP contribution in [0.1, 0.15) is 0 Å². The van der Waals surface area contributed by atoms with Crippen molar-refractivity contribution in [3.63, 3.8) is 0 Å². The Morgan fingerprint density at radius 1 is 1.11 bits per heavy atom. The Balaban J connectivity index is 2.93. The molecule has 54 valence electrons. The topological polar surface area (TPSA) is 40.6 Å². The van der Waals surface area contributed by atoms with Crippen LogP contribution in [0.25, 0.3) is 0 Å². The molecule has 5 heteroatoms. The predicted molar refractivity (Wildman–Crippen MR) is 34.2 cm³/mol. The van der Waals surface area contributed by atoms with E-state index in [2.05, 4.69) is 0 Å². The maximum atomic E-state index is 10.9. The second-order valence-electron chi connectivity index (χ2n) is 2.15. The van der Waals surface area contributed by atoms with Crippen LogP contribution in [0.3, 0.4) is 0 Å². The summed E-state index contributed by atoms with van der Waals surface area (Å²) in [6, 6.07) is 0. The molecule has 0 aromatic heterocycles. The van der Waals surface area contributed by atoms with Gasteiger partial charge < -0.3 is 0 Å². The molecule has 0 spiro atoms. The molecule has 1 fully saturated rings. The van der Waals surface area contributed by atoms with Gasteiger partial charge in [0, 0.05) is 27.2 Å². The SMILES string of the molecule is CN1CCN(C)S1(=O)=O. The first kappa shape index (κ1) is 6.98. The first-order valence-electron chi connectivity index (χ1n) is 2.73. The molecule has 0 aromatic carbocycles. The smallest absolute Gasteiger partial charge is 0.195 e. The fraction of sp³-hybridized carbons (Fsp3) is 1.00. The Morgan fingerprint density at radius 3 is 1.56 bits per heavy atom. The Labute approximate surface area is 55.2 Å². The number of likely N-dealkylation sites (N-methyl/N-ethyl adjacent to an activating group) is 2. The molecule has 1 heterocycles. The van der Waals surface area contributed by atoms with Crippen molar-refractivity contribution in [3.8, 4) is 0 Å². The first-order chi connectivity index (χ1) is 4.05. The van der Waals surface area contributed by atoms with Crippen molar-refractivity contribution in [1.29, 1.82) is 0 Å². The third-order valence-electron chi connectivity index (χ3n) is 1.52. The lowest BCUT2D eigenvalue weighted by molar-refractivity contribution is 0.495. The third kappa shape index (κ3) is 0.953. The van der Waals surface area contributed by atoms with Gasteiger partial charge in [-0.1, -0.05) is 0 Å². The van der Waals surface area contributed by atoms with Crippen molar-refractivity contribution in [1.82, 2.24) is 8.61 Å². The van der Waals surface area contributed by atoms with Crippen LogP contribution in [0.5, 0.6) is 0 Å². The van der Waals surface area contributed by atoms with E-state index in [-0.39, 0.29) is 0 Å². The minimum atomic E-state index is -3.04. The summed E-state index contributed by atoms with van der Waals surface area (Å²) in [5, 5.41) is 0. The van der Waals surface area contributed by atoms with Crippen LogP contribution in [0, 0.1) is 0 Å². The first-order valence-corrected chi connectivity index (χ1v) is 4.12. The van der Waals surface area contributed by atoms with Gasteiger partial charge in [0.15, 0.2) is 0 Å². The van der Waals surface area contributed by atoms with E-state index in [4.69, 9.17) is 0 Å². The van der Waals surface area contributed by atoms with Crippen molar-refractivity contribution in [3.05, 3.63) is 0 Å². The number of hydrogen-bond acceptors (Lipinski definition) is 2. The van der Waals surface area contributed by atoms with Gasteiger partial charge in [-0.3, -0.25) is 0 Å². The van der Waals surface area contributed by atoms with E-state index in [0.717, 1.165) is 0 Å². The van der Waals surface area contributed by atoms with Gasteiger partial charge >= 0.3 is 0 Å². The molecule has 0 bridgehead atoms. The van der Waals surface area contributed by atoms with Crippen LogP contribution in [-0.4, -0.2) is 44.2 Å². The summed E-state index contributed by atoms with van der Waals surface area (Å²) >= 11 is 0. The highest BCUT2D eigenvalue weighted by molar-refractivity contribution is 7.86. The fourth-order valence-electron chi connectivity index (χ4n) is 0.750. The molecule has 9 heavy (non-hydrogen) atoms. The monoisotopic (exact) mass is 150 g/mol. The summed E-state index contributed by atoms with van der Waals surface area (Å²) in [5.41, 5.74) is 0. The molecule has 0 radical (unpaired) electrons. The fourth-order valence-corrected chi connectivity index (χ4v) is 1.85. The van der Waals surface area contributed by atoms with E-state index >= 15 is 0 Å². The third-order valence-corrected chi connectivity index (χ3v) is 3.46. The molecule has 0 N–H and O–H groups in total. The molecule has 0 amide bonds. The quantitative estimate of drug-likeness (QED) is 0.449. The highest BCUT2D eigenvalue weighted by Gasteiger charge is 2.29. The van der Waals surface area contributed by atoms with Gasteiger partial charge in [0.25, 0.3) is 10.2 Å². The zero-order valence-corrected chi connectivity index (χ0v) is 6.35. The van der Waals surface area contributed by atoms with Crippen LogP contribution in [-0.2, 0) is 10.2 Å². The van der Waals surface area contributed by atoms with Crippen LogP contribution in [0.2, 0.25) is 0 Å². The highest BCUT2D eigenvalue weighted by atomic mass is 32.2. The Kier molecular flexibility index (Phi) is 1.50. The van der Waals surface area contributed by atoms with E-state index in [9.17, 15) is 8.42 Å². The predicted octanol–water partition coefficient (Wildman–Crippen LogP) is -0.892. The maximum absolute atomic E-state index is 10.9. The van der Waals surface area contributed by atoms with E-state index in [1.165, 1.54) is 8.61 Å². The Bertz CT molecular complexity index is 183. The highest BCUT2D eigenvalue weighted by Crippen LogP contribution is 2.09. The molecule has 1 aliphatic rings. The lowest BCUT2D eigenvalue weighted by Crippen LogP contribution is -2.27. The standard InChI is InChI=1S/C4H10N2O2S/c1-5-3-4-6(2)9(5,7)8/h3-4H2,1-2H3. The second-order valence-corrected chi connectivity index (χ2v) is 4.29. The van der Waals surface area contributed by atoms with Gasteiger partial charge in [0.2, 0.25) is 0 Å². The van der Waals surface area contributed by atoms with Gasteiger partial charge in [-0.15, -0.1) is 0 Å². The lowest BCUT2D eigenvalue weighted by Gasteiger charge is -2.08. The van der Waals surface area contributed by atoms with E-state index < -0.39 is 10.2 Å². The van der Waals surface area contributed by atoms with Gasteiger partial charge in [-0.05, 0) is 0 Å². The molecular formula is C4H10N2O2S. The van der Waals surface area contributed by atoms with E-state index in [1.54, 1.807) is 14.1 Å². The average Bonchev–Trinajstić information content (AvgIpc) is 1.96. The lowest BCUT2D eigenvalue weighted by atomic mass is 10.6. The Morgan fingerprint density at radius 2 is 1.44 bits per heavy atom. The molecule has 1 aliphatic heterocycles. The van der Waals surface area contributed by atoms with E-state index in [1.807, 2.05) is 0 Å². The zero-order chi connectivity index (χ0) is 7.07. The molecule has 4 nitrogen and oxygen atoms in total. The molecule has 1 saturated heterocycles. The molecule has 0 unspecified atom stereocenters. The minimum Gasteiger partial charge on any atom is -0.195 e. The molecule has 0 aliphatic carbocycles. The number of rotatable bonds is 0. The van der Waals surface area contributed by atoms with Crippen molar-refractivity contribution in [2.24, 2.45) is 0 Å². The van der Waals surface area contributed by atoms with Gasteiger partial charge in [-0.25, -0.2) is 0 Å². The number of hydrogen-bond donors (Lipinski definition) is 0. The van der Waals surface area contributed by atoms with Crippen LogP contribution < -0.4 is 0 Å². The zero-order valence-electron chi connectivity index (χ0n) is 5.53. The molecular weight excluding hydrogens is 140 g/mol. The van der Waals surface area contributed by atoms with Crippen LogP contribution in [0.4, 0.5) is 0 Å². The summed E-state index contributed by atoms with van der Waals surface area (Å²) < 4.78 is 24.6. The van der Waals surface area contributed by atoms with Gasteiger partial charge in [-0.2, -0.15) is 17.0 Å².